The molecule has 1 fully saturated rings. The molecule has 1 aliphatic rings. The largest absolute Gasteiger partial charge is 0.365 e. The van der Waals surface area contributed by atoms with Gasteiger partial charge in [-0.1, -0.05) is 60.7 Å². The quantitative estimate of drug-likeness (QED) is 0.615. The van der Waals surface area contributed by atoms with Gasteiger partial charge in [-0.05, 0) is 42.4 Å². The fraction of sp³-hybridized carbons (Fsp3) is 0.346. The van der Waals surface area contributed by atoms with Gasteiger partial charge in [-0.15, -0.1) is 0 Å². The van der Waals surface area contributed by atoms with Crippen LogP contribution in [0.3, 0.4) is 0 Å². The number of fused-ring (bicyclic) bond motifs is 1. The Balaban J connectivity index is 1.42. The highest BCUT2D eigenvalue weighted by Gasteiger charge is 2.35. The van der Waals surface area contributed by atoms with Crippen molar-refractivity contribution in [3.05, 3.63) is 83.9 Å². The van der Waals surface area contributed by atoms with Gasteiger partial charge in [0.1, 0.15) is 19.2 Å². The van der Waals surface area contributed by atoms with Crippen LogP contribution in [-0.4, -0.2) is 61.8 Å². The summed E-state index contributed by atoms with van der Waals surface area (Å²) in [6.45, 7) is 5.19. The van der Waals surface area contributed by atoms with Crippen LogP contribution < -0.4 is 5.43 Å². The maximum Gasteiger partial charge on any atom is 0.295 e. The zero-order valence-electron chi connectivity index (χ0n) is 18.6. The monoisotopic (exact) mass is 418 g/mol. The van der Waals surface area contributed by atoms with Gasteiger partial charge in [-0.2, -0.15) is 5.43 Å². The Bertz CT molecular complexity index is 1030. The number of morpholine rings is 1. The summed E-state index contributed by atoms with van der Waals surface area (Å²) in [5, 5.41) is 2.56. The predicted octanol–water partition coefficient (Wildman–Crippen LogP) is 4.02. The molecule has 1 N–H and O–H groups in total. The summed E-state index contributed by atoms with van der Waals surface area (Å²) in [6, 6.07) is 24.7. The lowest BCUT2D eigenvalue weighted by molar-refractivity contribution is -0.952. The van der Waals surface area contributed by atoms with E-state index < -0.39 is 0 Å². The first-order valence-electron chi connectivity index (χ1n) is 11.0. The third kappa shape index (κ3) is 4.96. The molecule has 0 aliphatic carbocycles. The topological polar surface area (TPSA) is 41.6 Å². The third-order valence-electron chi connectivity index (χ3n) is 6.38. The third-order valence-corrected chi connectivity index (χ3v) is 6.38. The standard InChI is InChI=1S/C26H31N3O2/c1-20(24-15-9-13-21-10-7-8-14-25(21)24)28(2)18-23-19-29(3,16-17-31-23)27-26(30)22-11-5-4-6-12-22/h4-15,20,23H,16-19H2,1-3H3/p+1/t20-,23?,29?/m1/s1. The summed E-state index contributed by atoms with van der Waals surface area (Å²) in [6.07, 6.45) is 0.0530. The lowest BCUT2D eigenvalue weighted by Crippen LogP contribution is -2.65. The van der Waals surface area contributed by atoms with Crippen molar-refractivity contribution >= 4 is 16.7 Å². The molecule has 1 aliphatic heterocycles. The number of hydrogen-bond donors (Lipinski definition) is 1. The van der Waals surface area contributed by atoms with Gasteiger partial charge in [0.15, 0.2) is 0 Å². The summed E-state index contributed by atoms with van der Waals surface area (Å²) in [5.41, 5.74) is 5.21. The van der Waals surface area contributed by atoms with E-state index in [-0.39, 0.29) is 18.1 Å². The Morgan fingerprint density at radius 2 is 1.81 bits per heavy atom. The van der Waals surface area contributed by atoms with E-state index in [0.29, 0.717) is 16.8 Å². The van der Waals surface area contributed by atoms with Crippen molar-refractivity contribution in [3.8, 4) is 0 Å². The Hall–Kier alpha value is -2.73. The first-order chi connectivity index (χ1) is 15.0. The van der Waals surface area contributed by atoms with E-state index in [1.165, 1.54) is 16.3 Å². The molecule has 31 heavy (non-hydrogen) atoms. The zero-order chi connectivity index (χ0) is 21.8. The van der Waals surface area contributed by atoms with Crippen molar-refractivity contribution < 1.29 is 14.1 Å². The number of likely N-dealkylation sites (N-methyl/N-ethyl adjacent to an activating group) is 2. The van der Waals surface area contributed by atoms with Crippen molar-refractivity contribution in [1.29, 1.82) is 0 Å². The van der Waals surface area contributed by atoms with Gasteiger partial charge in [0.25, 0.3) is 5.91 Å². The predicted molar refractivity (Wildman–Crippen MR) is 125 cm³/mol. The number of nitrogens with zero attached hydrogens (tertiary/aromatic N) is 2. The van der Waals surface area contributed by atoms with E-state index >= 15 is 0 Å². The molecule has 2 unspecified atom stereocenters. The maximum atomic E-state index is 12.7. The van der Waals surface area contributed by atoms with E-state index in [0.717, 1.165) is 19.6 Å². The number of quaternary nitrogens is 1. The summed E-state index contributed by atoms with van der Waals surface area (Å²) >= 11 is 0. The second-order valence-corrected chi connectivity index (χ2v) is 8.79. The smallest absolute Gasteiger partial charge is 0.295 e. The van der Waals surface area contributed by atoms with Gasteiger partial charge in [0.05, 0.1) is 13.7 Å². The molecule has 0 radical (unpaired) electrons. The Labute approximate surface area is 184 Å². The molecule has 0 aromatic heterocycles. The molecule has 5 heteroatoms. The Kier molecular flexibility index (Phi) is 6.37. The van der Waals surface area contributed by atoms with Crippen molar-refractivity contribution in [2.75, 3.05) is 40.3 Å². The number of rotatable bonds is 6. The van der Waals surface area contributed by atoms with Gasteiger partial charge in [0.2, 0.25) is 0 Å². The van der Waals surface area contributed by atoms with Gasteiger partial charge in [-0.25, -0.2) is 4.59 Å². The summed E-state index contributed by atoms with van der Waals surface area (Å²) < 4.78 is 6.58. The van der Waals surface area contributed by atoms with Crippen molar-refractivity contribution in [2.24, 2.45) is 0 Å². The van der Waals surface area contributed by atoms with Crippen LogP contribution >= 0.6 is 0 Å². The summed E-state index contributed by atoms with van der Waals surface area (Å²) in [4.78, 5) is 15.0. The van der Waals surface area contributed by atoms with E-state index in [4.69, 9.17) is 4.74 Å². The molecule has 0 saturated carbocycles. The van der Waals surface area contributed by atoms with Crippen LogP contribution in [0.5, 0.6) is 0 Å². The summed E-state index contributed by atoms with van der Waals surface area (Å²) in [7, 11) is 4.22. The molecule has 3 atom stereocenters. The molecular weight excluding hydrogens is 386 g/mol. The van der Waals surface area contributed by atoms with E-state index in [1.54, 1.807) is 0 Å². The fourth-order valence-electron chi connectivity index (χ4n) is 4.46. The molecule has 4 rings (SSSR count). The van der Waals surface area contributed by atoms with Crippen LogP contribution in [0.15, 0.2) is 72.8 Å². The lowest BCUT2D eigenvalue weighted by atomic mass is 9.98. The highest BCUT2D eigenvalue weighted by atomic mass is 16.5. The second kappa shape index (κ2) is 9.18. The van der Waals surface area contributed by atoms with Crippen LogP contribution in [-0.2, 0) is 4.74 Å². The van der Waals surface area contributed by atoms with E-state index in [2.05, 4.69) is 73.8 Å². The molecule has 0 spiro atoms. The fourth-order valence-corrected chi connectivity index (χ4v) is 4.46. The van der Waals surface area contributed by atoms with Crippen LogP contribution in [0.2, 0.25) is 0 Å². The van der Waals surface area contributed by atoms with Gasteiger partial charge in [-0.3, -0.25) is 9.69 Å². The molecular formula is C26H32N3O2+. The second-order valence-electron chi connectivity index (χ2n) is 8.79. The minimum atomic E-state index is -0.0405. The Morgan fingerprint density at radius 1 is 1.10 bits per heavy atom. The van der Waals surface area contributed by atoms with Crippen LogP contribution in [0.25, 0.3) is 10.8 Å². The van der Waals surface area contributed by atoms with E-state index in [1.807, 2.05) is 30.3 Å². The molecule has 162 valence electrons. The number of benzene rings is 3. The summed E-state index contributed by atoms with van der Waals surface area (Å²) in [5.74, 6) is -0.0405. The normalized spacial score (nSPS) is 22.4. The van der Waals surface area contributed by atoms with Crippen molar-refractivity contribution in [2.45, 2.75) is 19.1 Å². The average Bonchev–Trinajstić information content (AvgIpc) is 2.78. The number of carbonyl (C=O) groups excluding carboxylic acids is 1. The lowest BCUT2D eigenvalue weighted by Gasteiger charge is -2.41. The first kappa shape index (κ1) is 21.5. The zero-order valence-corrected chi connectivity index (χ0v) is 18.6. The average molecular weight is 419 g/mol. The van der Waals surface area contributed by atoms with Crippen molar-refractivity contribution in [3.63, 3.8) is 0 Å². The van der Waals surface area contributed by atoms with Gasteiger partial charge >= 0.3 is 0 Å². The Morgan fingerprint density at radius 3 is 2.61 bits per heavy atom. The SMILES string of the molecule is C[C@H](c1cccc2ccccc12)N(C)CC1C[N+](C)(NC(=O)c2ccccc2)CCO1. The van der Waals surface area contributed by atoms with Crippen molar-refractivity contribution in [1.82, 2.24) is 10.3 Å². The number of amides is 1. The molecule has 3 aromatic carbocycles. The number of nitrogens with one attached hydrogen (secondary N) is 1. The molecule has 1 heterocycles. The number of carbonyl (C=O) groups is 1. The molecule has 0 bridgehead atoms. The number of hydrogen-bond acceptors (Lipinski definition) is 3. The molecule has 1 saturated heterocycles. The minimum absolute atomic E-state index is 0.0405. The highest BCUT2D eigenvalue weighted by molar-refractivity contribution is 5.93. The molecule has 1 amide bonds. The first-order valence-corrected chi connectivity index (χ1v) is 11.0. The maximum absolute atomic E-state index is 12.7. The minimum Gasteiger partial charge on any atom is -0.365 e. The van der Waals surface area contributed by atoms with Gasteiger partial charge < -0.3 is 4.74 Å². The van der Waals surface area contributed by atoms with Crippen LogP contribution in [0, 0.1) is 0 Å². The van der Waals surface area contributed by atoms with Gasteiger partial charge in [0, 0.05) is 18.2 Å². The molecule has 3 aromatic rings. The van der Waals surface area contributed by atoms with Crippen LogP contribution in [0.1, 0.15) is 28.9 Å². The molecule has 5 nitrogen and oxygen atoms in total. The van der Waals surface area contributed by atoms with Crippen LogP contribution in [0.4, 0.5) is 0 Å². The van der Waals surface area contributed by atoms with E-state index in [9.17, 15) is 4.79 Å². The number of ether oxygens (including phenoxy) is 1. The highest BCUT2D eigenvalue weighted by Crippen LogP contribution is 2.28.